The second-order valence-electron chi connectivity index (χ2n) is 0. The van der Waals surface area contributed by atoms with Crippen LogP contribution in [0, 0.1) is 13.8 Å². The predicted molar refractivity (Wildman–Crippen MR) is 25.9 cm³/mol. The first kappa shape index (κ1) is 48.4. The third-order valence-electron chi connectivity index (χ3n) is 0. The minimum atomic E-state index is 0. The maximum Gasteiger partial charge on any atom is 4.00 e. The minimum Gasteiger partial charge on any atom is -0.870 e. The topological polar surface area (TPSA) is 60.0 Å². The van der Waals surface area contributed by atoms with Gasteiger partial charge in [-0.3, -0.25) is 0 Å². The SMILES string of the molecule is [CH2-]C.[CH2-]C.[OH-].[OH-].[Ti+4]. The third-order valence-corrected chi connectivity index (χ3v) is 0. The van der Waals surface area contributed by atoms with E-state index in [4.69, 9.17) is 0 Å². The van der Waals surface area contributed by atoms with E-state index >= 15 is 0 Å². The molecule has 0 amide bonds. The normalized spacial score (nSPS) is 1.71. The van der Waals surface area contributed by atoms with Gasteiger partial charge in [0.15, 0.2) is 0 Å². The molecule has 0 aliphatic carbocycles. The fourth-order valence-electron chi connectivity index (χ4n) is 0. The zero-order valence-corrected chi connectivity index (χ0v) is 6.37. The van der Waals surface area contributed by atoms with Crippen LogP contribution in [0.1, 0.15) is 13.8 Å². The second kappa shape index (κ2) is 523. The zero-order valence-electron chi connectivity index (χ0n) is 4.81. The Morgan fingerprint density at radius 1 is 0.714 bits per heavy atom. The van der Waals surface area contributed by atoms with Gasteiger partial charge in [0.2, 0.25) is 0 Å². The van der Waals surface area contributed by atoms with Crippen LogP contribution >= 0.6 is 0 Å². The Kier molecular flexibility index (Phi) is 3620. The number of rotatable bonds is 0. The van der Waals surface area contributed by atoms with E-state index in [1.165, 1.54) is 0 Å². The van der Waals surface area contributed by atoms with E-state index in [1.54, 1.807) is 13.8 Å². The zero-order chi connectivity index (χ0) is 4.00. The summed E-state index contributed by atoms with van der Waals surface area (Å²) in [5.74, 6) is 0. The van der Waals surface area contributed by atoms with Crippen LogP contribution in [0.25, 0.3) is 0 Å². The molecule has 0 spiro atoms. The van der Waals surface area contributed by atoms with Crippen molar-refractivity contribution in [3.05, 3.63) is 13.8 Å². The van der Waals surface area contributed by atoms with Gasteiger partial charge in [0.1, 0.15) is 0 Å². The molecular weight excluding hydrogens is 128 g/mol. The van der Waals surface area contributed by atoms with Gasteiger partial charge in [-0.1, -0.05) is 0 Å². The molecule has 0 atom stereocenters. The van der Waals surface area contributed by atoms with Crippen LogP contribution < -0.4 is 0 Å². The van der Waals surface area contributed by atoms with Crippen LogP contribution in [0.3, 0.4) is 0 Å². The molecule has 0 aromatic carbocycles. The van der Waals surface area contributed by atoms with Gasteiger partial charge in [0.05, 0.1) is 0 Å². The molecule has 0 saturated carbocycles. The average Bonchev–Trinajstić information content (AvgIpc) is 1.50. The Labute approximate surface area is 60.8 Å². The molecule has 0 aliphatic heterocycles. The quantitative estimate of drug-likeness (QED) is 0.376. The molecule has 2 N–H and O–H groups in total. The van der Waals surface area contributed by atoms with Crippen molar-refractivity contribution in [1.82, 2.24) is 0 Å². The van der Waals surface area contributed by atoms with Gasteiger partial charge in [-0.15, -0.1) is 0 Å². The van der Waals surface area contributed by atoms with Crippen molar-refractivity contribution in [2.45, 2.75) is 13.8 Å². The van der Waals surface area contributed by atoms with E-state index in [1.807, 2.05) is 0 Å². The van der Waals surface area contributed by atoms with Crippen LogP contribution in [0.15, 0.2) is 0 Å². The predicted octanol–water partition coefficient (Wildman–Crippen LogP) is 1.32. The Morgan fingerprint density at radius 3 is 0.714 bits per heavy atom. The molecule has 0 saturated heterocycles. The Hall–Kier alpha value is 0.634. The maximum atomic E-state index is 3.25. The first-order chi connectivity index (χ1) is 2.00. The van der Waals surface area contributed by atoms with Gasteiger partial charge < -0.3 is 24.8 Å². The minimum absolute atomic E-state index is 0. The molecular formula is C4H12O2Ti. The van der Waals surface area contributed by atoms with Gasteiger partial charge in [-0.05, 0) is 0 Å². The van der Waals surface area contributed by atoms with Crippen molar-refractivity contribution < 1.29 is 32.7 Å². The Morgan fingerprint density at radius 2 is 0.714 bits per heavy atom. The van der Waals surface area contributed by atoms with Gasteiger partial charge in [0.25, 0.3) is 0 Å². The monoisotopic (exact) mass is 140 g/mol. The Bertz CT molecular complexity index is 9.65. The van der Waals surface area contributed by atoms with Crippen LogP contribution in [-0.4, -0.2) is 11.0 Å². The van der Waals surface area contributed by atoms with Gasteiger partial charge in [-0.2, -0.15) is 13.8 Å². The van der Waals surface area contributed by atoms with Crippen molar-refractivity contribution in [3.8, 4) is 0 Å². The fraction of sp³-hybridized carbons (Fsp3) is 0.500. The van der Waals surface area contributed by atoms with E-state index in [9.17, 15) is 0 Å². The second-order valence-corrected chi connectivity index (χ2v) is 0. The van der Waals surface area contributed by atoms with Gasteiger partial charge in [0, 0.05) is 0 Å². The van der Waals surface area contributed by atoms with Crippen LogP contribution in [0.4, 0.5) is 0 Å². The largest absolute Gasteiger partial charge is 4.00 e. The summed E-state index contributed by atoms with van der Waals surface area (Å²) >= 11 is 0. The molecule has 0 aromatic heterocycles. The van der Waals surface area contributed by atoms with E-state index < -0.39 is 0 Å². The van der Waals surface area contributed by atoms with Gasteiger partial charge in [-0.25, -0.2) is 0 Å². The van der Waals surface area contributed by atoms with E-state index in [2.05, 4.69) is 13.8 Å². The van der Waals surface area contributed by atoms with Crippen molar-refractivity contribution in [3.63, 3.8) is 0 Å². The van der Waals surface area contributed by atoms with Crippen molar-refractivity contribution >= 4 is 0 Å². The van der Waals surface area contributed by atoms with Gasteiger partial charge >= 0.3 is 21.7 Å². The molecule has 0 aromatic rings. The fourth-order valence-corrected chi connectivity index (χ4v) is 0. The molecule has 0 heterocycles. The summed E-state index contributed by atoms with van der Waals surface area (Å²) in [6.07, 6.45) is 0. The molecule has 0 radical (unpaired) electrons. The molecule has 0 bridgehead atoms. The molecule has 7 heavy (non-hydrogen) atoms. The molecule has 0 rings (SSSR count). The molecule has 0 unspecified atom stereocenters. The smallest absolute Gasteiger partial charge is 0.870 e. The summed E-state index contributed by atoms with van der Waals surface area (Å²) in [5, 5.41) is 0. The summed E-state index contributed by atoms with van der Waals surface area (Å²) in [4.78, 5) is 0. The molecule has 0 aliphatic rings. The average molecular weight is 140 g/mol. The number of hydrogen-bond acceptors (Lipinski definition) is 2. The van der Waals surface area contributed by atoms with Crippen LogP contribution in [-0.2, 0) is 21.7 Å². The Balaban J connectivity index is -0.00000000267. The molecule has 0 fully saturated rings. The summed E-state index contributed by atoms with van der Waals surface area (Å²) in [7, 11) is 0. The first-order valence-electron chi connectivity index (χ1n) is 1.41. The van der Waals surface area contributed by atoms with Crippen molar-refractivity contribution in [2.75, 3.05) is 0 Å². The maximum absolute atomic E-state index is 3.25. The summed E-state index contributed by atoms with van der Waals surface area (Å²) in [6, 6.07) is 0. The first-order valence-corrected chi connectivity index (χ1v) is 1.41. The van der Waals surface area contributed by atoms with Crippen LogP contribution in [0.5, 0.6) is 0 Å². The standard InChI is InChI=1S/2C2H5.2H2O.Ti/c2*1-2;;;/h2*1H2,2H3;2*1H2;/q2*-1;;;+4/p-2. The number of hydrogen-bond donors (Lipinski definition) is 0. The van der Waals surface area contributed by atoms with Crippen molar-refractivity contribution in [2.24, 2.45) is 0 Å². The third kappa shape index (κ3) is 354. The summed E-state index contributed by atoms with van der Waals surface area (Å²) in [5.41, 5.74) is 0. The van der Waals surface area contributed by atoms with E-state index in [-0.39, 0.29) is 32.7 Å². The molecule has 2 nitrogen and oxygen atoms in total. The summed E-state index contributed by atoms with van der Waals surface area (Å²) < 4.78 is 0. The van der Waals surface area contributed by atoms with E-state index in [0.29, 0.717) is 0 Å². The van der Waals surface area contributed by atoms with Crippen molar-refractivity contribution in [1.29, 1.82) is 0 Å². The summed E-state index contributed by atoms with van der Waals surface area (Å²) in [6.45, 7) is 10.0. The molecule has 3 heteroatoms. The van der Waals surface area contributed by atoms with E-state index in [0.717, 1.165) is 0 Å². The molecule has 44 valence electrons. The van der Waals surface area contributed by atoms with Crippen LogP contribution in [0.2, 0.25) is 0 Å².